The fourth-order valence-electron chi connectivity index (χ4n) is 2.73. The SMILES string of the molecule is CCCOc1cc2sc(NC3CCCC3)nc2cc1C. The van der Waals surface area contributed by atoms with Gasteiger partial charge in [0, 0.05) is 6.04 Å². The van der Waals surface area contributed by atoms with Crippen LogP contribution < -0.4 is 10.1 Å². The number of fused-ring (bicyclic) bond motifs is 1. The van der Waals surface area contributed by atoms with E-state index in [9.17, 15) is 0 Å². The molecule has 3 rings (SSSR count). The van der Waals surface area contributed by atoms with Gasteiger partial charge in [-0.05, 0) is 43.9 Å². The first-order chi connectivity index (χ1) is 9.76. The summed E-state index contributed by atoms with van der Waals surface area (Å²) in [5.41, 5.74) is 2.25. The first kappa shape index (κ1) is 13.7. The third kappa shape index (κ3) is 2.90. The zero-order valence-electron chi connectivity index (χ0n) is 12.2. The highest BCUT2D eigenvalue weighted by atomic mass is 32.1. The summed E-state index contributed by atoms with van der Waals surface area (Å²) in [7, 11) is 0. The molecule has 2 aromatic rings. The standard InChI is InChI=1S/C16H22N2OS/c1-3-8-19-14-10-15-13(9-11(14)2)18-16(20-15)17-12-6-4-5-7-12/h9-10,12H,3-8H2,1-2H3,(H,17,18). The summed E-state index contributed by atoms with van der Waals surface area (Å²) in [6.07, 6.45) is 6.28. The molecule has 0 atom stereocenters. The minimum absolute atomic E-state index is 0.618. The van der Waals surface area contributed by atoms with Gasteiger partial charge < -0.3 is 10.1 Å². The number of anilines is 1. The molecule has 0 unspecified atom stereocenters. The van der Waals surface area contributed by atoms with E-state index in [1.807, 2.05) is 0 Å². The number of hydrogen-bond donors (Lipinski definition) is 1. The van der Waals surface area contributed by atoms with Gasteiger partial charge in [0.1, 0.15) is 5.75 Å². The molecule has 4 heteroatoms. The number of aryl methyl sites for hydroxylation is 1. The number of rotatable bonds is 5. The molecule has 0 bridgehead atoms. The van der Waals surface area contributed by atoms with Crippen LogP contribution in [0, 0.1) is 6.92 Å². The van der Waals surface area contributed by atoms with Crippen LogP contribution in [0.15, 0.2) is 12.1 Å². The van der Waals surface area contributed by atoms with E-state index in [1.54, 1.807) is 11.3 Å². The Labute approximate surface area is 124 Å². The molecule has 1 aliphatic carbocycles. The Morgan fingerprint density at radius 3 is 2.90 bits per heavy atom. The number of benzene rings is 1. The van der Waals surface area contributed by atoms with Gasteiger partial charge in [-0.25, -0.2) is 4.98 Å². The predicted molar refractivity (Wildman–Crippen MR) is 86.0 cm³/mol. The zero-order valence-corrected chi connectivity index (χ0v) is 13.1. The highest BCUT2D eigenvalue weighted by molar-refractivity contribution is 7.22. The highest BCUT2D eigenvalue weighted by Crippen LogP contribution is 2.33. The van der Waals surface area contributed by atoms with Crippen LogP contribution in [-0.2, 0) is 0 Å². The minimum atomic E-state index is 0.618. The average Bonchev–Trinajstić information content (AvgIpc) is 3.05. The van der Waals surface area contributed by atoms with Crippen molar-refractivity contribution in [3.8, 4) is 5.75 Å². The van der Waals surface area contributed by atoms with Gasteiger partial charge in [0.05, 0.1) is 16.8 Å². The number of aromatic nitrogens is 1. The summed E-state index contributed by atoms with van der Waals surface area (Å²) in [6.45, 7) is 5.00. The molecule has 0 aliphatic heterocycles. The van der Waals surface area contributed by atoms with Crippen LogP contribution in [0.3, 0.4) is 0 Å². The maximum Gasteiger partial charge on any atom is 0.184 e. The first-order valence-electron chi connectivity index (χ1n) is 7.57. The maximum atomic E-state index is 5.80. The Hall–Kier alpha value is -1.29. The van der Waals surface area contributed by atoms with Crippen molar-refractivity contribution in [3.05, 3.63) is 17.7 Å². The van der Waals surface area contributed by atoms with Gasteiger partial charge in [-0.2, -0.15) is 0 Å². The summed E-state index contributed by atoms with van der Waals surface area (Å²) < 4.78 is 7.01. The van der Waals surface area contributed by atoms with E-state index in [2.05, 4.69) is 31.3 Å². The second-order valence-electron chi connectivity index (χ2n) is 5.58. The topological polar surface area (TPSA) is 34.1 Å². The lowest BCUT2D eigenvalue weighted by molar-refractivity contribution is 0.316. The van der Waals surface area contributed by atoms with E-state index >= 15 is 0 Å². The van der Waals surface area contributed by atoms with Crippen molar-refractivity contribution < 1.29 is 4.74 Å². The normalized spacial score (nSPS) is 15.9. The number of thiazole rings is 1. The molecular weight excluding hydrogens is 268 g/mol. The third-order valence-corrected chi connectivity index (χ3v) is 4.78. The van der Waals surface area contributed by atoms with Gasteiger partial charge in [0.15, 0.2) is 5.13 Å². The summed E-state index contributed by atoms with van der Waals surface area (Å²) in [6, 6.07) is 4.89. The fraction of sp³-hybridized carbons (Fsp3) is 0.562. The third-order valence-electron chi connectivity index (χ3n) is 3.83. The zero-order chi connectivity index (χ0) is 13.9. The monoisotopic (exact) mass is 290 g/mol. The lowest BCUT2D eigenvalue weighted by Crippen LogP contribution is -2.13. The number of hydrogen-bond acceptors (Lipinski definition) is 4. The Bertz CT molecular complexity index is 587. The van der Waals surface area contributed by atoms with Crippen molar-refractivity contribution in [2.45, 2.75) is 52.0 Å². The summed E-state index contributed by atoms with van der Waals surface area (Å²) in [5.74, 6) is 0.996. The van der Waals surface area contributed by atoms with Gasteiger partial charge in [-0.1, -0.05) is 31.1 Å². The summed E-state index contributed by atoms with van der Waals surface area (Å²) >= 11 is 1.74. The summed E-state index contributed by atoms with van der Waals surface area (Å²) in [5, 5.41) is 4.63. The Balaban J connectivity index is 1.82. The van der Waals surface area contributed by atoms with Crippen LogP contribution in [-0.4, -0.2) is 17.6 Å². The van der Waals surface area contributed by atoms with Crippen LogP contribution in [0.25, 0.3) is 10.2 Å². The van der Waals surface area contributed by atoms with Crippen molar-refractivity contribution >= 4 is 26.7 Å². The molecule has 1 N–H and O–H groups in total. The number of nitrogens with one attached hydrogen (secondary N) is 1. The van der Waals surface area contributed by atoms with E-state index in [1.165, 1.54) is 35.9 Å². The fourth-order valence-corrected chi connectivity index (χ4v) is 3.69. The molecule has 0 spiro atoms. The van der Waals surface area contributed by atoms with Gasteiger partial charge >= 0.3 is 0 Å². The van der Waals surface area contributed by atoms with E-state index < -0.39 is 0 Å². The van der Waals surface area contributed by atoms with Crippen LogP contribution in [0.2, 0.25) is 0 Å². The van der Waals surface area contributed by atoms with Crippen LogP contribution in [0.5, 0.6) is 5.75 Å². The second kappa shape index (κ2) is 6.00. The van der Waals surface area contributed by atoms with Crippen molar-refractivity contribution in [1.29, 1.82) is 0 Å². The highest BCUT2D eigenvalue weighted by Gasteiger charge is 2.16. The van der Waals surface area contributed by atoms with Gasteiger partial charge in [0.2, 0.25) is 0 Å². The molecule has 0 amide bonds. The molecule has 1 heterocycles. The Morgan fingerprint density at radius 1 is 1.35 bits per heavy atom. The van der Waals surface area contributed by atoms with Gasteiger partial charge in [-0.3, -0.25) is 0 Å². The van der Waals surface area contributed by atoms with Crippen molar-refractivity contribution in [3.63, 3.8) is 0 Å². The van der Waals surface area contributed by atoms with Crippen molar-refractivity contribution in [1.82, 2.24) is 4.98 Å². The lowest BCUT2D eigenvalue weighted by atomic mass is 10.2. The Kier molecular flexibility index (Phi) is 4.10. The molecule has 1 saturated carbocycles. The van der Waals surface area contributed by atoms with E-state index in [4.69, 9.17) is 9.72 Å². The van der Waals surface area contributed by atoms with Crippen molar-refractivity contribution in [2.75, 3.05) is 11.9 Å². The second-order valence-corrected chi connectivity index (χ2v) is 6.61. The molecule has 0 saturated heterocycles. The van der Waals surface area contributed by atoms with Crippen molar-refractivity contribution in [2.24, 2.45) is 0 Å². The molecule has 108 valence electrons. The maximum absolute atomic E-state index is 5.80. The van der Waals surface area contributed by atoms with Crippen LogP contribution >= 0.6 is 11.3 Å². The molecule has 1 fully saturated rings. The van der Waals surface area contributed by atoms with Crippen LogP contribution in [0.1, 0.15) is 44.6 Å². The smallest absolute Gasteiger partial charge is 0.184 e. The molecule has 1 aromatic carbocycles. The molecule has 1 aromatic heterocycles. The number of ether oxygens (including phenoxy) is 1. The minimum Gasteiger partial charge on any atom is -0.493 e. The molecule has 1 aliphatic rings. The van der Waals surface area contributed by atoms with E-state index in [-0.39, 0.29) is 0 Å². The molecule has 0 radical (unpaired) electrons. The largest absolute Gasteiger partial charge is 0.493 e. The molecule has 20 heavy (non-hydrogen) atoms. The summed E-state index contributed by atoms with van der Waals surface area (Å²) in [4.78, 5) is 4.71. The van der Waals surface area contributed by atoms with Crippen LogP contribution in [0.4, 0.5) is 5.13 Å². The van der Waals surface area contributed by atoms with E-state index in [0.717, 1.165) is 29.4 Å². The molecular formula is C16H22N2OS. The lowest BCUT2D eigenvalue weighted by Gasteiger charge is -2.09. The number of nitrogens with zero attached hydrogens (tertiary/aromatic N) is 1. The first-order valence-corrected chi connectivity index (χ1v) is 8.38. The van der Waals surface area contributed by atoms with Gasteiger partial charge in [0.25, 0.3) is 0 Å². The molecule has 3 nitrogen and oxygen atoms in total. The predicted octanol–water partition coefficient (Wildman–Crippen LogP) is 4.75. The average molecular weight is 290 g/mol. The van der Waals surface area contributed by atoms with E-state index in [0.29, 0.717) is 6.04 Å². The quantitative estimate of drug-likeness (QED) is 0.863. The van der Waals surface area contributed by atoms with Gasteiger partial charge in [-0.15, -0.1) is 0 Å². The Morgan fingerprint density at radius 2 is 2.15 bits per heavy atom.